The van der Waals surface area contributed by atoms with Crippen molar-refractivity contribution in [3.05, 3.63) is 52.5 Å². The number of para-hydroxylation sites is 1. The maximum atomic E-state index is 13.0. The zero-order chi connectivity index (χ0) is 15.2. The van der Waals surface area contributed by atoms with Crippen LogP contribution >= 0.6 is 15.9 Å². The van der Waals surface area contributed by atoms with Crippen molar-refractivity contribution in [1.82, 2.24) is 0 Å². The molecule has 0 aliphatic carbocycles. The molecule has 21 heavy (non-hydrogen) atoms. The fourth-order valence-electron chi connectivity index (χ4n) is 2.73. The van der Waals surface area contributed by atoms with E-state index in [-0.39, 0.29) is 10.9 Å². The van der Waals surface area contributed by atoms with Crippen molar-refractivity contribution in [2.45, 2.75) is 24.3 Å². The quantitative estimate of drug-likeness (QED) is 0.830. The van der Waals surface area contributed by atoms with Gasteiger partial charge in [0.05, 0.1) is 5.69 Å². The molecule has 1 aliphatic heterocycles. The molecule has 0 bridgehead atoms. The Balaban J connectivity index is 2.17. The van der Waals surface area contributed by atoms with Crippen molar-refractivity contribution < 1.29 is 8.42 Å². The van der Waals surface area contributed by atoms with Gasteiger partial charge in [-0.3, -0.25) is 4.31 Å². The number of nitrogens with zero attached hydrogens (tertiary/aromatic N) is 1. The van der Waals surface area contributed by atoms with Gasteiger partial charge >= 0.3 is 0 Å². The molecule has 6 heteroatoms. The highest BCUT2D eigenvalue weighted by Gasteiger charge is 2.36. The van der Waals surface area contributed by atoms with Crippen LogP contribution in [0.1, 0.15) is 12.5 Å². The second-order valence-electron chi connectivity index (χ2n) is 5.17. The minimum Gasteiger partial charge on any atom is -0.399 e. The lowest BCUT2D eigenvalue weighted by molar-refractivity contribution is 0.584. The highest BCUT2D eigenvalue weighted by Crippen LogP contribution is 2.38. The fourth-order valence-corrected chi connectivity index (χ4v) is 5.38. The molecular weight excluding hydrogens is 352 g/mol. The van der Waals surface area contributed by atoms with E-state index in [0.717, 1.165) is 17.7 Å². The first-order chi connectivity index (χ1) is 9.91. The summed E-state index contributed by atoms with van der Waals surface area (Å²) >= 11 is 3.31. The molecule has 1 heterocycles. The van der Waals surface area contributed by atoms with E-state index in [9.17, 15) is 8.42 Å². The van der Waals surface area contributed by atoms with E-state index >= 15 is 0 Å². The summed E-state index contributed by atoms with van der Waals surface area (Å²) in [6, 6.07) is 12.3. The third kappa shape index (κ3) is 2.32. The number of anilines is 2. The molecule has 3 rings (SSSR count). The van der Waals surface area contributed by atoms with Crippen LogP contribution in [0.2, 0.25) is 0 Å². The van der Waals surface area contributed by atoms with Gasteiger partial charge in [0.15, 0.2) is 0 Å². The van der Waals surface area contributed by atoms with Crippen LogP contribution in [0.4, 0.5) is 11.4 Å². The molecule has 2 N–H and O–H groups in total. The van der Waals surface area contributed by atoms with E-state index in [2.05, 4.69) is 15.9 Å². The van der Waals surface area contributed by atoms with Gasteiger partial charge in [0.25, 0.3) is 10.0 Å². The molecule has 0 fully saturated rings. The number of hydrogen-bond donors (Lipinski definition) is 1. The highest BCUT2D eigenvalue weighted by molar-refractivity contribution is 9.10. The van der Waals surface area contributed by atoms with Crippen LogP contribution in [0.5, 0.6) is 0 Å². The summed E-state index contributed by atoms with van der Waals surface area (Å²) in [5.41, 5.74) is 7.98. The predicted molar refractivity (Wildman–Crippen MR) is 87.8 cm³/mol. The Bertz CT molecular complexity index is 805. The number of nitrogens with two attached hydrogens (primary N) is 1. The molecule has 2 aromatic carbocycles. The van der Waals surface area contributed by atoms with Crippen molar-refractivity contribution in [3.63, 3.8) is 0 Å². The molecule has 0 radical (unpaired) electrons. The smallest absolute Gasteiger partial charge is 0.265 e. The van der Waals surface area contributed by atoms with Crippen LogP contribution in [0.15, 0.2) is 51.8 Å². The molecule has 0 saturated heterocycles. The number of fused-ring (bicyclic) bond motifs is 1. The number of hydrogen-bond acceptors (Lipinski definition) is 3. The molecule has 1 unspecified atom stereocenters. The number of halogens is 1. The summed E-state index contributed by atoms with van der Waals surface area (Å²) in [4.78, 5) is 0.200. The molecule has 1 aliphatic rings. The van der Waals surface area contributed by atoms with Gasteiger partial charge in [-0.2, -0.15) is 0 Å². The maximum Gasteiger partial charge on any atom is 0.265 e. The van der Waals surface area contributed by atoms with Crippen LogP contribution in [0.3, 0.4) is 0 Å². The van der Waals surface area contributed by atoms with Crippen molar-refractivity contribution in [1.29, 1.82) is 0 Å². The largest absolute Gasteiger partial charge is 0.399 e. The number of nitrogen functional groups attached to an aromatic ring is 1. The Morgan fingerprint density at radius 3 is 2.71 bits per heavy atom. The van der Waals surface area contributed by atoms with Gasteiger partial charge < -0.3 is 5.73 Å². The first kappa shape index (κ1) is 14.4. The Labute approximate surface area is 132 Å². The summed E-state index contributed by atoms with van der Waals surface area (Å²) in [5, 5.41) is 0. The number of sulfonamides is 1. The summed E-state index contributed by atoms with van der Waals surface area (Å²) in [6.07, 6.45) is 0.718. The van der Waals surface area contributed by atoms with Crippen LogP contribution in [-0.4, -0.2) is 14.5 Å². The monoisotopic (exact) mass is 366 g/mol. The van der Waals surface area contributed by atoms with Gasteiger partial charge in [-0.15, -0.1) is 0 Å². The Kier molecular flexibility index (Phi) is 3.45. The number of benzene rings is 2. The third-order valence-electron chi connectivity index (χ3n) is 3.64. The summed E-state index contributed by atoms with van der Waals surface area (Å²) in [7, 11) is -3.65. The minimum absolute atomic E-state index is 0.110. The predicted octanol–water partition coefficient (Wildman–Crippen LogP) is 3.17. The molecule has 0 saturated carbocycles. The van der Waals surface area contributed by atoms with E-state index in [4.69, 9.17) is 5.73 Å². The summed E-state index contributed by atoms with van der Waals surface area (Å²) in [6.45, 7) is 1.91. The van der Waals surface area contributed by atoms with E-state index < -0.39 is 10.0 Å². The highest BCUT2D eigenvalue weighted by atomic mass is 79.9. The van der Waals surface area contributed by atoms with Gasteiger partial charge in [0.1, 0.15) is 4.90 Å². The van der Waals surface area contributed by atoms with Gasteiger partial charge in [0, 0.05) is 16.2 Å². The van der Waals surface area contributed by atoms with Crippen molar-refractivity contribution in [3.8, 4) is 0 Å². The van der Waals surface area contributed by atoms with E-state index in [1.807, 2.05) is 31.2 Å². The van der Waals surface area contributed by atoms with Crippen molar-refractivity contribution in [2.75, 3.05) is 10.0 Å². The summed E-state index contributed by atoms with van der Waals surface area (Å²) in [5.74, 6) is 0. The Morgan fingerprint density at radius 2 is 1.95 bits per heavy atom. The second-order valence-corrected chi connectivity index (χ2v) is 7.81. The molecule has 0 spiro atoms. The van der Waals surface area contributed by atoms with E-state index in [1.165, 1.54) is 10.4 Å². The van der Waals surface area contributed by atoms with Crippen LogP contribution in [0, 0.1) is 0 Å². The lowest BCUT2D eigenvalue weighted by Crippen LogP contribution is -2.35. The summed E-state index contributed by atoms with van der Waals surface area (Å²) < 4.78 is 28.1. The molecular formula is C15H15BrN2O2S. The maximum absolute atomic E-state index is 13.0. The standard InChI is InChI=1S/C15H15BrN2O2S/c1-10-8-11-4-2-3-5-14(11)18(10)21(19,20)15-9-12(17)6-7-13(15)16/h2-7,9-10H,8,17H2,1H3. The molecule has 1 atom stereocenters. The van der Waals surface area contributed by atoms with Crippen LogP contribution < -0.4 is 10.0 Å². The van der Waals surface area contributed by atoms with Crippen LogP contribution in [0.25, 0.3) is 0 Å². The fraction of sp³-hybridized carbons (Fsp3) is 0.200. The first-order valence-corrected chi connectivity index (χ1v) is 8.82. The first-order valence-electron chi connectivity index (χ1n) is 6.58. The van der Waals surface area contributed by atoms with Crippen molar-refractivity contribution >= 4 is 37.3 Å². The molecule has 4 nitrogen and oxygen atoms in total. The zero-order valence-electron chi connectivity index (χ0n) is 11.5. The second kappa shape index (κ2) is 5.03. The molecule has 0 amide bonds. The average molecular weight is 367 g/mol. The average Bonchev–Trinajstić information content (AvgIpc) is 2.77. The van der Waals surface area contributed by atoms with Crippen LogP contribution in [-0.2, 0) is 16.4 Å². The number of rotatable bonds is 2. The topological polar surface area (TPSA) is 63.4 Å². The zero-order valence-corrected chi connectivity index (χ0v) is 13.9. The molecule has 110 valence electrons. The Hall–Kier alpha value is -1.53. The van der Waals surface area contributed by atoms with Crippen molar-refractivity contribution in [2.24, 2.45) is 0 Å². The van der Waals surface area contributed by atoms with Gasteiger partial charge in [-0.25, -0.2) is 8.42 Å². The van der Waals surface area contributed by atoms with E-state index in [0.29, 0.717) is 10.2 Å². The lowest BCUT2D eigenvalue weighted by atomic mass is 10.1. The Morgan fingerprint density at radius 1 is 1.24 bits per heavy atom. The van der Waals surface area contributed by atoms with Gasteiger partial charge in [0.2, 0.25) is 0 Å². The lowest BCUT2D eigenvalue weighted by Gasteiger charge is -2.25. The van der Waals surface area contributed by atoms with Gasteiger partial charge in [-0.05, 0) is 59.1 Å². The third-order valence-corrected chi connectivity index (χ3v) is 6.56. The SMILES string of the molecule is CC1Cc2ccccc2N1S(=O)(=O)c1cc(N)ccc1Br. The van der Waals surface area contributed by atoms with Gasteiger partial charge in [-0.1, -0.05) is 18.2 Å². The minimum atomic E-state index is -3.65. The molecule has 2 aromatic rings. The molecule has 0 aromatic heterocycles. The van der Waals surface area contributed by atoms with E-state index in [1.54, 1.807) is 12.1 Å². The normalized spacial score (nSPS) is 17.8.